The molecule has 1 aliphatic carbocycles. The first-order valence-electron chi connectivity index (χ1n) is 9.38. The number of rotatable bonds is 6. The van der Waals surface area contributed by atoms with Gasteiger partial charge in [0.15, 0.2) is 14.8 Å². The number of carbonyl (C=O) groups excluding carboxylic acids is 1. The van der Waals surface area contributed by atoms with Gasteiger partial charge in [-0.2, -0.15) is 0 Å². The lowest BCUT2D eigenvalue weighted by Crippen LogP contribution is -2.33. The van der Waals surface area contributed by atoms with Gasteiger partial charge < -0.3 is 15.0 Å². The SMILES string of the molecule is COc1ccc(Cl)cc1-n1c(=S)sc2c(=O)[nH]c(SCC(=O)NC3CCCC3)nc21. The zero-order valence-electron chi connectivity index (χ0n) is 16.1. The molecule has 4 rings (SSSR count). The zero-order valence-corrected chi connectivity index (χ0v) is 19.3. The standard InChI is InChI=1S/C19H19ClN4O3S3/c1-27-13-7-6-10(20)8-12(13)24-16-15(30-19(24)28)17(26)23-18(22-16)29-9-14(25)21-11-4-2-3-5-11/h6-8,11H,2-5,9H2,1H3,(H,21,25)(H,22,23,26). The van der Waals surface area contributed by atoms with Gasteiger partial charge in [0.2, 0.25) is 5.91 Å². The maximum Gasteiger partial charge on any atom is 0.271 e. The van der Waals surface area contributed by atoms with Gasteiger partial charge in [-0.1, -0.05) is 47.5 Å². The summed E-state index contributed by atoms with van der Waals surface area (Å²) in [4.78, 5) is 32.2. The van der Waals surface area contributed by atoms with Crippen molar-refractivity contribution in [2.75, 3.05) is 12.9 Å². The van der Waals surface area contributed by atoms with Crippen molar-refractivity contribution < 1.29 is 9.53 Å². The Hall–Kier alpha value is -1.88. The Kier molecular flexibility index (Phi) is 6.47. The smallest absolute Gasteiger partial charge is 0.271 e. The molecule has 3 aromatic rings. The fourth-order valence-corrected chi connectivity index (χ4v) is 5.58. The molecule has 1 aromatic carbocycles. The van der Waals surface area contributed by atoms with Crippen LogP contribution >= 0.6 is 46.9 Å². The van der Waals surface area contributed by atoms with Crippen LogP contribution in [-0.4, -0.2) is 39.3 Å². The number of hydrogen-bond acceptors (Lipinski definition) is 7. The Balaban J connectivity index is 1.67. The highest BCUT2D eigenvalue weighted by atomic mass is 35.5. The van der Waals surface area contributed by atoms with E-state index < -0.39 is 0 Å². The maximum absolute atomic E-state index is 12.6. The predicted molar refractivity (Wildman–Crippen MR) is 123 cm³/mol. The Labute approximate surface area is 190 Å². The summed E-state index contributed by atoms with van der Waals surface area (Å²) in [6.45, 7) is 0. The quantitative estimate of drug-likeness (QED) is 0.309. The summed E-state index contributed by atoms with van der Waals surface area (Å²) in [5, 5.41) is 3.90. The average molecular weight is 483 g/mol. The van der Waals surface area contributed by atoms with Crippen molar-refractivity contribution in [1.82, 2.24) is 19.9 Å². The number of aromatic nitrogens is 3. The fraction of sp³-hybridized carbons (Fsp3) is 0.368. The lowest BCUT2D eigenvalue weighted by Gasteiger charge is -2.12. The average Bonchev–Trinajstić information content (AvgIpc) is 3.33. The number of fused-ring (bicyclic) bond motifs is 1. The number of nitrogens with one attached hydrogen (secondary N) is 2. The Morgan fingerprint density at radius 2 is 2.23 bits per heavy atom. The number of aromatic amines is 1. The summed E-state index contributed by atoms with van der Waals surface area (Å²) < 4.78 is 7.97. The first-order valence-corrected chi connectivity index (χ1v) is 12.0. The molecule has 1 aliphatic rings. The lowest BCUT2D eigenvalue weighted by atomic mass is 10.2. The van der Waals surface area contributed by atoms with E-state index in [0.717, 1.165) is 37.0 Å². The molecule has 0 bridgehead atoms. The molecular weight excluding hydrogens is 464 g/mol. The second-order valence-electron chi connectivity index (χ2n) is 6.88. The first kappa shape index (κ1) is 21.4. The van der Waals surface area contributed by atoms with Crippen molar-refractivity contribution in [2.45, 2.75) is 36.9 Å². The fourth-order valence-electron chi connectivity index (χ4n) is 3.49. The highest BCUT2D eigenvalue weighted by Crippen LogP contribution is 2.32. The van der Waals surface area contributed by atoms with E-state index in [2.05, 4.69) is 15.3 Å². The minimum absolute atomic E-state index is 0.0618. The van der Waals surface area contributed by atoms with Gasteiger partial charge in [0, 0.05) is 11.1 Å². The molecule has 158 valence electrons. The van der Waals surface area contributed by atoms with E-state index in [-0.39, 0.29) is 23.3 Å². The van der Waals surface area contributed by atoms with Crippen LogP contribution in [0.2, 0.25) is 5.02 Å². The highest BCUT2D eigenvalue weighted by Gasteiger charge is 2.19. The van der Waals surface area contributed by atoms with Crippen LogP contribution in [0.5, 0.6) is 5.75 Å². The number of thiazole rings is 1. The van der Waals surface area contributed by atoms with Crippen molar-refractivity contribution in [2.24, 2.45) is 0 Å². The van der Waals surface area contributed by atoms with E-state index in [4.69, 9.17) is 28.6 Å². The largest absolute Gasteiger partial charge is 0.495 e. The molecule has 1 fully saturated rings. The highest BCUT2D eigenvalue weighted by molar-refractivity contribution is 7.99. The minimum Gasteiger partial charge on any atom is -0.495 e. The van der Waals surface area contributed by atoms with Gasteiger partial charge in [0.25, 0.3) is 5.56 Å². The van der Waals surface area contributed by atoms with E-state index in [0.29, 0.717) is 35.9 Å². The van der Waals surface area contributed by atoms with Crippen LogP contribution in [0.4, 0.5) is 0 Å². The third-order valence-corrected chi connectivity index (χ3v) is 7.33. The van der Waals surface area contributed by atoms with Crippen molar-refractivity contribution >= 4 is 63.2 Å². The van der Waals surface area contributed by atoms with Crippen molar-refractivity contribution in [3.63, 3.8) is 0 Å². The zero-order chi connectivity index (χ0) is 21.3. The molecule has 0 saturated heterocycles. The number of halogens is 1. The van der Waals surface area contributed by atoms with E-state index in [1.54, 1.807) is 29.9 Å². The Morgan fingerprint density at radius 1 is 1.47 bits per heavy atom. The number of benzene rings is 1. The molecule has 2 heterocycles. The summed E-state index contributed by atoms with van der Waals surface area (Å²) >= 11 is 14.0. The summed E-state index contributed by atoms with van der Waals surface area (Å²) in [5.41, 5.74) is 0.719. The number of amides is 1. The van der Waals surface area contributed by atoms with Gasteiger partial charge in [-0.15, -0.1) is 0 Å². The Morgan fingerprint density at radius 3 is 2.97 bits per heavy atom. The van der Waals surface area contributed by atoms with Crippen LogP contribution in [-0.2, 0) is 4.79 Å². The van der Waals surface area contributed by atoms with Crippen LogP contribution in [0.15, 0.2) is 28.2 Å². The molecule has 1 amide bonds. The molecule has 0 unspecified atom stereocenters. The van der Waals surface area contributed by atoms with Gasteiger partial charge in [-0.05, 0) is 43.3 Å². The molecule has 11 heteroatoms. The van der Waals surface area contributed by atoms with Crippen LogP contribution in [0.1, 0.15) is 25.7 Å². The normalized spacial score (nSPS) is 14.3. The molecule has 0 aliphatic heterocycles. The van der Waals surface area contributed by atoms with E-state index in [1.165, 1.54) is 11.8 Å². The van der Waals surface area contributed by atoms with Crippen LogP contribution in [0.25, 0.3) is 16.0 Å². The number of ether oxygens (including phenoxy) is 1. The van der Waals surface area contributed by atoms with Crippen molar-refractivity contribution in [3.05, 3.63) is 37.5 Å². The number of nitrogens with zero attached hydrogens (tertiary/aromatic N) is 2. The molecule has 2 N–H and O–H groups in total. The van der Waals surface area contributed by atoms with Gasteiger partial charge >= 0.3 is 0 Å². The number of H-pyrrole nitrogens is 1. The second kappa shape index (κ2) is 9.09. The van der Waals surface area contributed by atoms with E-state index in [1.807, 2.05) is 0 Å². The third-order valence-electron chi connectivity index (χ3n) is 4.86. The van der Waals surface area contributed by atoms with E-state index in [9.17, 15) is 9.59 Å². The molecule has 30 heavy (non-hydrogen) atoms. The van der Waals surface area contributed by atoms with Crippen LogP contribution < -0.4 is 15.6 Å². The summed E-state index contributed by atoms with van der Waals surface area (Å²) in [5.74, 6) is 0.673. The molecule has 0 atom stereocenters. The van der Waals surface area contributed by atoms with E-state index >= 15 is 0 Å². The maximum atomic E-state index is 12.6. The molecule has 0 spiro atoms. The Bertz CT molecular complexity index is 1210. The monoisotopic (exact) mass is 482 g/mol. The summed E-state index contributed by atoms with van der Waals surface area (Å²) in [7, 11) is 1.55. The topological polar surface area (TPSA) is 89.0 Å². The van der Waals surface area contributed by atoms with Gasteiger partial charge in [-0.25, -0.2) is 4.98 Å². The van der Waals surface area contributed by atoms with Crippen molar-refractivity contribution in [1.29, 1.82) is 0 Å². The summed E-state index contributed by atoms with van der Waals surface area (Å²) in [6.07, 6.45) is 4.35. The molecule has 0 radical (unpaired) electrons. The predicted octanol–water partition coefficient (Wildman–Crippen LogP) is 4.32. The summed E-state index contributed by atoms with van der Waals surface area (Å²) in [6, 6.07) is 5.42. The molecule has 1 saturated carbocycles. The number of thioether (sulfide) groups is 1. The third kappa shape index (κ3) is 4.41. The first-order chi connectivity index (χ1) is 14.5. The van der Waals surface area contributed by atoms with Gasteiger partial charge in [-0.3, -0.25) is 14.2 Å². The number of carbonyl (C=O) groups is 1. The van der Waals surface area contributed by atoms with Crippen molar-refractivity contribution in [3.8, 4) is 11.4 Å². The minimum atomic E-state index is -0.297. The van der Waals surface area contributed by atoms with Gasteiger partial charge in [0.1, 0.15) is 10.4 Å². The molecule has 2 aromatic heterocycles. The number of methoxy groups -OCH3 is 1. The number of hydrogen-bond donors (Lipinski definition) is 2. The molecular formula is C19H19ClN4O3S3. The van der Waals surface area contributed by atoms with Crippen LogP contribution in [0.3, 0.4) is 0 Å². The lowest BCUT2D eigenvalue weighted by molar-refractivity contribution is -0.119. The van der Waals surface area contributed by atoms with Crippen LogP contribution in [0, 0.1) is 3.95 Å². The second-order valence-corrected chi connectivity index (χ2v) is 9.93. The molecule has 7 nitrogen and oxygen atoms in total. The van der Waals surface area contributed by atoms with Gasteiger partial charge in [0.05, 0.1) is 18.6 Å².